The molecule has 0 radical (unpaired) electrons. The first-order valence-corrected chi connectivity index (χ1v) is 6.86. The van der Waals surface area contributed by atoms with Crippen LogP contribution in [-0.4, -0.2) is 29.5 Å². The van der Waals surface area contributed by atoms with Crippen molar-refractivity contribution < 1.29 is 27.1 Å². The van der Waals surface area contributed by atoms with E-state index in [-0.39, 0.29) is 30.1 Å². The summed E-state index contributed by atoms with van der Waals surface area (Å²) in [6.45, 7) is 0. The number of ether oxygens (including phenoxy) is 1. The third-order valence-electron chi connectivity index (χ3n) is 3.72. The number of methoxy groups -OCH3 is 1. The van der Waals surface area contributed by atoms with Crippen LogP contribution in [0.3, 0.4) is 0 Å². The molecule has 0 aliphatic heterocycles. The first kappa shape index (κ1) is 15.8. The number of carbonyl (C=O) groups is 1. The molecule has 0 bridgehead atoms. The summed E-state index contributed by atoms with van der Waals surface area (Å²) in [6.07, 6.45) is -2.78. The average molecular weight is 306 g/mol. The highest BCUT2D eigenvalue weighted by molar-refractivity contribution is 5.72. The van der Waals surface area contributed by atoms with Crippen LogP contribution in [-0.2, 0) is 16.0 Å². The van der Waals surface area contributed by atoms with E-state index in [1.54, 1.807) is 0 Å². The lowest BCUT2D eigenvalue weighted by Gasteiger charge is -2.24. The second kappa shape index (κ2) is 6.44. The van der Waals surface area contributed by atoms with Gasteiger partial charge in [0.05, 0.1) is 19.4 Å². The molecule has 5 nitrogen and oxygen atoms in total. The second-order valence-corrected chi connectivity index (χ2v) is 5.22. The van der Waals surface area contributed by atoms with Crippen molar-refractivity contribution in [2.45, 2.75) is 50.6 Å². The molecule has 1 aromatic rings. The van der Waals surface area contributed by atoms with E-state index in [0.717, 1.165) is 0 Å². The van der Waals surface area contributed by atoms with Gasteiger partial charge >= 0.3 is 12.1 Å². The fourth-order valence-corrected chi connectivity index (χ4v) is 2.52. The predicted octanol–water partition coefficient (Wildman–Crippen LogP) is 3.01. The number of halogens is 3. The van der Waals surface area contributed by atoms with E-state index in [1.165, 1.54) is 7.11 Å². The number of aryl methyl sites for hydroxylation is 1. The molecule has 0 spiro atoms. The van der Waals surface area contributed by atoms with E-state index in [2.05, 4.69) is 10.2 Å². The molecule has 1 aliphatic carbocycles. The Morgan fingerprint density at radius 2 is 1.95 bits per heavy atom. The molecule has 118 valence electrons. The van der Waals surface area contributed by atoms with Gasteiger partial charge in [-0.15, -0.1) is 10.2 Å². The molecule has 0 aromatic carbocycles. The molecule has 1 aromatic heterocycles. The number of rotatable bonds is 4. The zero-order chi connectivity index (χ0) is 15.5. The molecule has 21 heavy (non-hydrogen) atoms. The van der Waals surface area contributed by atoms with Gasteiger partial charge in [0.15, 0.2) is 0 Å². The Morgan fingerprint density at radius 1 is 1.29 bits per heavy atom. The molecule has 8 heteroatoms. The van der Waals surface area contributed by atoms with Gasteiger partial charge in [0.2, 0.25) is 11.8 Å². The summed E-state index contributed by atoms with van der Waals surface area (Å²) in [5.74, 6) is 0.0645. The van der Waals surface area contributed by atoms with Crippen molar-refractivity contribution in [3.63, 3.8) is 0 Å². The van der Waals surface area contributed by atoms with E-state index in [9.17, 15) is 18.0 Å². The van der Waals surface area contributed by atoms with Crippen LogP contribution in [0.25, 0.3) is 0 Å². The zero-order valence-electron chi connectivity index (χ0n) is 11.7. The first-order chi connectivity index (χ1) is 9.89. The lowest BCUT2D eigenvalue weighted by molar-refractivity contribution is -0.146. The summed E-state index contributed by atoms with van der Waals surface area (Å²) in [5.41, 5.74) is 0. The van der Waals surface area contributed by atoms with Gasteiger partial charge in [-0.25, -0.2) is 0 Å². The van der Waals surface area contributed by atoms with Crippen molar-refractivity contribution in [1.82, 2.24) is 10.2 Å². The molecule has 1 fully saturated rings. The number of hydrogen-bond donors (Lipinski definition) is 0. The van der Waals surface area contributed by atoms with E-state index >= 15 is 0 Å². The lowest BCUT2D eigenvalue weighted by Crippen LogP contribution is -2.22. The largest absolute Gasteiger partial charge is 0.469 e. The Balaban J connectivity index is 1.87. The van der Waals surface area contributed by atoms with Crippen LogP contribution in [0.1, 0.15) is 49.8 Å². The summed E-state index contributed by atoms with van der Waals surface area (Å²) >= 11 is 0. The van der Waals surface area contributed by atoms with Gasteiger partial charge in [0, 0.05) is 12.3 Å². The second-order valence-electron chi connectivity index (χ2n) is 5.22. The van der Waals surface area contributed by atoms with Crippen molar-refractivity contribution >= 4 is 5.97 Å². The Morgan fingerprint density at radius 3 is 2.52 bits per heavy atom. The summed E-state index contributed by atoms with van der Waals surface area (Å²) in [5, 5.41) is 7.49. The van der Waals surface area contributed by atoms with Gasteiger partial charge in [-0.1, -0.05) is 0 Å². The number of esters is 1. The Labute approximate surface area is 119 Å². The van der Waals surface area contributed by atoms with Gasteiger partial charge < -0.3 is 9.15 Å². The van der Waals surface area contributed by atoms with E-state index in [1.807, 2.05) is 0 Å². The van der Waals surface area contributed by atoms with Crippen molar-refractivity contribution in [3.8, 4) is 0 Å². The fraction of sp³-hybridized carbons (Fsp3) is 0.769. The quantitative estimate of drug-likeness (QED) is 0.800. The van der Waals surface area contributed by atoms with Crippen LogP contribution >= 0.6 is 0 Å². The number of aromatic nitrogens is 2. The highest BCUT2D eigenvalue weighted by Crippen LogP contribution is 2.35. The summed E-state index contributed by atoms with van der Waals surface area (Å²) < 4.78 is 46.4. The van der Waals surface area contributed by atoms with Gasteiger partial charge in [0.1, 0.15) is 0 Å². The molecular weight excluding hydrogens is 289 g/mol. The Bertz CT molecular complexity index is 479. The maximum Gasteiger partial charge on any atom is 0.389 e. The van der Waals surface area contributed by atoms with Crippen LogP contribution in [0.5, 0.6) is 0 Å². The van der Waals surface area contributed by atoms with Crippen LogP contribution in [0.15, 0.2) is 4.42 Å². The van der Waals surface area contributed by atoms with Gasteiger partial charge in [0.25, 0.3) is 0 Å². The van der Waals surface area contributed by atoms with E-state index in [4.69, 9.17) is 9.15 Å². The minimum atomic E-state index is -4.23. The average Bonchev–Trinajstić information content (AvgIpc) is 2.93. The molecule has 0 amide bonds. The molecule has 0 saturated heterocycles. The molecule has 0 unspecified atom stereocenters. The molecule has 0 N–H and O–H groups in total. The fourth-order valence-electron chi connectivity index (χ4n) is 2.52. The number of carbonyl (C=O) groups excluding carboxylic acids is 1. The maximum atomic E-state index is 12.1. The normalized spacial score (nSPS) is 23.0. The van der Waals surface area contributed by atoms with E-state index < -0.39 is 12.6 Å². The van der Waals surface area contributed by atoms with Crippen LogP contribution in [0.4, 0.5) is 13.2 Å². The van der Waals surface area contributed by atoms with Gasteiger partial charge in [-0.2, -0.15) is 13.2 Å². The lowest BCUT2D eigenvalue weighted by atomic mass is 9.82. The minimum Gasteiger partial charge on any atom is -0.469 e. The summed E-state index contributed by atoms with van der Waals surface area (Å²) in [4.78, 5) is 11.4. The molecule has 2 rings (SSSR count). The summed E-state index contributed by atoms with van der Waals surface area (Å²) in [6, 6.07) is 0. The smallest absolute Gasteiger partial charge is 0.389 e. The third kappa shape index (κ3) is 4.44. The topological polar surface area (TPSA) is 65.2 Å². The van der Waals surface area contributed by atoms with Crippen LogP contribution in [0, 0.1) is 5.92 Å². The predicted molar refractivity (Wildman–Crippen MR) is 65.4 cm³/mol. The third-order valence-corrected chi connectivity index (χ3v) is 3.72. The molecule has 1 saturated carbocycles. The molecule has 1 aliphatic rings. The van der Waals surface area contributed by atoms with Gasteiger partial charge in [-0.3, -0.25) is 4.79 Å². The number of alkyl halides is 3. The Hall–Kier alpha value is -1.60. The highest BCUT2D eigenvalue weighted by atomic mass is 19.4. The highest BCUT2D eigenvalue weighted by Gasteiger charge is 2.31. The minimum absolute atomic E-state index is 0.0115. The van der Waals surface area contributed by atoms with Gasteiger partial charge in [-0.05, 0) is 25.7 Å². The SMILES string of the molecule is COC(=O)C1CCC(c2nnc(CCC(F)(F)F)o2)CC1. The van der Waals surface area contributed by atoms with E-state index in [0.29, 0.717) is 31.6 Å². The van der Waals surface area contributed by atoms with Crippen molar-refractivity contribution in [3.05, 3.63) is 11.8 Å². The van der Waals surface area contributed by atoms with Crippen LogP contribution in [0.2, 0.25) is 0 Å². The first-order valence-electron chi connectivity index (χ1n) is 6.86. The molecule has 1 heterocycles. The number of hydrogen-bond acceptors (Lipinski definition) is 5. The summed E-state index contributed by atoms with van der Waals surface area (Å²) in [7, 11) is 1.36. The monoisotopic (exact) mass is 306 g/mol. The van der Waals surface area contributed by atoms with Crippen molar-refractivity contribution in [2.75, 3.05) is 7.11 Å². The molecular formula is C13H17F3N2O3. The van der Waals surface area contributed by atoms with Crippen molar-refractivity contribution in [1.29, 1.82) is 0 Å². The standard InChI is InChI=1S/C13H17F3N2O3/c1-20-12(19)9-4-2-8(3-5-9)11-18-17-10(21-11)6-7-13(14,15)16/h8-9H,2-7H2,1H3. The number of nitrogens with zero attached hydrogens (tertiary/aromatic N) is 2. The molecule has 0 atom stereocenters. The maximum absolute atomic E-state index is 12.1. The van der Waals surface area contributed by atoms with Crippen molar-refractivity contribution in [2.24, 2.45) is 5.92 Å². The van der Waals surface area contributed by atoms with Crippen LogP contribution < -0.4 is 0 Å². The Kier molecular flexibility index (Phi) is 4.84. The zero-order valence-corrected chi connectivity index (χ0v) is 11.7.